The van der Waals surface area contributed by atoms with Crippen molar-refractivity contribution in [2.24, 2.45) is 5.92 Å². The van der Waals surface area contributed by atoms with Crippen LogP contribution in [0.25, 0.3) is 0 Å². The van der Waals surface area contributed by atoms with Gasteiger partial charge < -0.3 is 4.74 Å². The minimum atomic E-state index is -4.85. The molecule has 4 nitrogen and oxygen atoms in total. The van der Waals surface area contributed by atoms with Crippen molar-refractivity contribution in [2.45, 2.75) is 37.4 Å². The molecule has 0 unspecified atom stereocenters. The summed E-state index contributed by atoms with van der Waals surface area (Å²) in [5, 5.41) is 0. The van der Waals surface area contributed by atoms with Crippen molar-refractivity contribution in [1.82, 2.24) is 4.31 Å². The molecule has 0 atom stereocenters. The van der Waals surface area contributed by atoms with E-state index >= 15 is 0 Å². The van der Waals surface area contributed by atoms with E-state index in [-0.39, 0.29) is 4.90 Å². The summed E-state index contributed by atoms with van der Waals surface area (Å²) in [6.07, 6.45) is -2.22. The lowest BCUT2D eigenvalue weighted by Gasteiger charge is -2.22. The average molecular weight is 337 g/mol. The molecule has 2 rings (SSSR count). The van der Waals surface area contributed by atoms with Crippen molar-refractivity contribution in [1.29, 1.82) is 0 Å². The number of alkyl halides is 3. The third kappa shape index (κ3) is 4.61. The van der Waals surface area contributed by atoms with Crippen LogP contribution in [0.4, 0.5) is 13.2 Å². The van der Waals surface area contributed by atoms with Crippen LogP contribution in [0.15, 0.2) is 29.2 Å². The molecule has 1 fully saturated rings. The highest BCUT2D eigenvalue weighted by atomic mass is 32.2. The number of benzene rings is 1. The zero-order valence-corrected chi connectivity index (χ0v) is 13.0. The Morgan fingerprint density at radius 3 is 2.55 bits per heavy atom. The molecule has 0 amide bonds. The Hall–Kier alpha value is -1.28. The molecule has 1 saturated carbocycles. The van der Waals surface area contributed by atoms with E-state index in [1.807, 2.05) is 6.92 Å². The van der Waals surface area contributed by atoms with E-state index in [0.717, 1.165) is 25.0 Å². The van der Waals surface area contributed by atoms with Crippen molar-refractivity contribution in [3.63, 3.8) is 0 Å². The molecule has 0 heterocycles. The van der Waals surface area contributed by atoms with Gasteiger partial charge in [-0.15, -0.1) is 13.2 Å². The largest absolute Gasteiger partial charge is 0.573 e. The summed E-state index contributed by atoms with van der Waals surface area (Å²) in [6, 6.07) is 4.53. The van der Waals surface area contributed by atoms with Gasteiger partial charge in [0.05, 0.1) is 4.90 Å². The van der Waals surface area contributed by atoms with Crippen LogP contribution >= 0.6 is 0 Å². The summed E-state index contributed by atoms with van der Waals surface area (Å²) >= 11 is 0. The molecule has 1 aromatic rings. The highest BCUT2D eigenvalue weighted by Gasteiger charge is 2.33. The van der Waals surface area contributed by atoms with Crippen molar-refractivity contribution in [2.75, 3.05) is 13.1 Å². The molecule has 1 aliphatic rings. The predicted molar refractivity (Wildman–Crippen MR) is 74.9 cm³/mol. The highest BCUT2D eigenvalue weighted by molar-refractivity contribution is 7.89. The Kier molecular flexibility index (Phi) is 5.01. The SMILES string of the molecule is CCCN(CC1CC1)S(=O)(=O)c1cccc(OC(F)(F)F)c1. The maximum Gasteiger partial charge on any atom is 0.573 e. The second-order valence-corrected chi connectivity index (χ2v) is 7.27. The standard InChI is InChI=1S/C14H18F3NO3S/c1-2-8-18(10-11-6-7-11)22(19,20)13-5-3-4-12(9-13)21-14(15,16)17/h3-5,9,11H,2,6-8,10H2,1H3. The summed E-state index contributed by atoms with van der Waals surface area (Å²) in [7, 11) is -3.81. The van der Waals surface area contributed by atoms with Crippen LogP contribution in [-0.4, -0.2) is 32.2 Å². The van der Waals surface area contributed by atoms with Gasteiger partial charge in [0, 0.05) is 19.2 Å². The molecule has 0 aromatic heterocycles. The smallest absolute Gasteiger partial charge is 0.406 e. The maximum atomic E-state index is 12.6. The van der Waals surface area contributed by atoms with Crippen molar-refractivity contribution in [3.05, 3.63) is 24.3 Å². The lowest BCUT2D eigenvalue weighted by molar-refractivity contribution is -0.274. The van der Waals surface area contributed by atoms with Crippen LogP contribution in [-0.2, 0) is 10.0 Å². The topological polar surface area (TPSA) is 46.6 Å². The van der Waals surface area contributed by atoms with Crippen LogP contribution in [0.3, 0.4) is 0 Å². The lowest BCUT2D eigenvalue weighted by atomic mass is 10.3. The molecule has 1 aromatic carbocycles. The Labute approximate surface area is 127 Å². The molecule has 0 radical (unpaired) electrons. The van der Waals surface area contributed by atoms with E-state index in [0.29, 0.717) is 25.4 Å². The summed E-state index contributed by atoms with van der Waals surface area (Å²) in [5.41, 5.74) is 0. The molecule has 124 valence electrons. The first-order valence-corrected chi connectivity index (χ1v) is 8.52. The van der Waals surface area contributed by atoms with E-state index in [1.165, 1.54) is 16.4 Å². The number of sulfonamides is 1. The van der Waals surface area contributed by atoms with Gasteiger partial charge in [-0.2, -0.15) is 4.31 Å². The zero-order chi connectivity index (χ0) is 16.4. The Morgan fingerprint density at radius 2 is 2.00 bits per heavy atom. The summed E-state index contributed by atoms with van der Waals surface area (Å²) in [4.78, 5) is -0.177. The van der Waals surface area contributed by atoms with Crippen LogP contribution in [0.5, 0.6) is 5.75 Å². The van der Waals surface area contributed by atoms with E-state index in [2.05, 4.69) is 4.74 Å². The molecule has 0 bridgehead atoms. The third-order valence-corrected chi connectivity index (χ3v) is 5.17. The minimum absolute atomic E-state index is 0.177. The number of halogens is 3. The van der Waals surface area contributed by atoms with Crippen molar-refractivity contribution >= 4 is 10.0 Å². The van der Waals surface area contributed by atoms with E-state index in [9.17, 15) is 21.6 Å². The molecular formula is C14H18F3NO3S. The van der Waals surface area contributed by atoms with E-state index < -0.39 is 22.1 Å². The van der Waals surface area contributed by atoms with Gasteiger partial charge in [-0.1, -0.05) is 13.0 Å². The van der Waals surface area contributed by atoms with Gasteiger partial charge in [-0.3, -0.25) is 0 Å². The highest BCUT2D eigenvalue weighted by Crippen LogP contribution is 2.32. The van der Waals surface area contributed by atoms with Crippen molar-refractivity contribution < 1.29 is 26.3 Å². The second-order valence-electron chi connectivity index (χ2n) is 5.33. The number of rotatable bonds is 7. The Morgan fingerprint density at radius 1 is 1.32 bits per heavy atom. The monoisotopic (exact) mass is 337 g/mol. The quantitative estimate of drug-likeness (QED) is 0.766. The minimum Gasteiger partial charge on any atom is -0.406 e. The van der Waals surface area contributed by atoms with Gasteiger partial charge in [0.25, 0.3) is 0 Å². The molecule has 0 saturated heterocycles. The number of nitrogens with zero attached hydrogens (tertiary/aromatic N) is 1. The Bertz CT molecular complexity index is 612. The van der Waals surface area contributed by atoms with Crippen LogP contribution in [0.2, 0.25) is 0 Å². The summed E-state index contributed by atoms with van der Waals surface area (Å²) in [5.74, 6) is -0.174. The second kappa shape index (κ2) is 6.45. The van der Waals surface area contributed by atoms with Gasteiger partial charge >= 0.3 is 6.36 Å². The summed E-state index contributed by atoms with van der Waals surface area (Å²) < 4.78 is 67.1. The molecule has 0 N–H and O–H groups in total. The molecular weight excluding hydrogens is 319 g/mol. The van der Waals surface area contributed by atoms with Gasteiger partial charge in [-0.05, 0) is 37.3 Å². The van der Waals surface area contributed by atoms with E-state index in [1.54, 1.807) is 0 Å². The first-order chi connectivity index (χ1) is 10.2. The fourth-order valence-electron chi connectivity index (χ4n) is 2.13. The Balaban J connectivity index is 2.24. The summed E-state index contributed by atoms with van der Waals surface area (Å²) in [6.45, 7) is 2.63. The van der Waals surface area contributed by atoms with Crippen LogP contribution < -0.4 is 4.74 Å². The first kappa shape index (κ1) is 17.1. The van der Waals surface area contributed by atoms with E-state index in [4.69, 9.17) is 0 Å². The third-order valence-electron chi connectivity index (χ3n) is 3.31. The van der Waals surface area contributed by atoms with Crippen molar-refractivity contribution in [3.8, 4) is 5.75 Å². The van der Waals surface area contributed by atoms with Crippen LogP contribution in [0.1, 0.15) is 26.2 Å². The first-order valence-electron chi connectivity index (χ1n) is 7.08. The maximum absolute atomic E-state index is 12.6. The van der Waals surface area contributed by atoms with Gasteiger partial charge in [0.2, 0.25) is 10.0 Å². The lowest BCUT2D eigenvalue weighted by Crippen LogP contribution is -2.33. The number of ether oxygens (including phenoxy) is 1. The van der Waals surface area contributed by atoms with Gasteiger partial charge in [0.1, 0.15) is 5.75 Å². The van der Waals surface area contributed by atoms with Gasteiger partial charge in [-0.25, -0.2) is 8.42 Å². The molecule has 0 spiro atoms. The molecule has 8 heteroatoms. The number of hydrogen-bond acceptors (Lipinski definition) is 3. The number of hydrogen-bond donors (Lipinski definition) is 0. The molecule has 22 heavy (non-hydrogen) atoms. The van der Waals surface area contributed by atoms with Crippen LogP contribution in [0, 0.1) is 5.92 Å². The normalized spacial score (nSPS) is 16.0. The molecule has 1 aliphatic carbocycles. The predicted octanol–water partition coefficient (Wildman–Crippen LogP) is 3.40. The fourth-order valence-corrected chi connectivity index (χ4v) is 3.77. The van der Waals surface area contributed by atoms with Gasteiger partial charge in [0.15, 0.2) is 0 Å². The fraction of sp³-hybridized carbons (Fsp3) is 0.571. The molecule has 0 aliphatic heterocycles. The average Bonchev–Trinajstić information content (AvgIpc) is 3.20. The zero-order valence-electron chi connectivity index (χ0n) is 12.1.